The molecule has 0 aliphatic heterocycles. The van der Waals surface area contributed by atoms with Crippen LogP contribution < -0.4 is 0 Å². The first-order valence-electron chi connectivity index (χ1n) is 6.64. The average molecular weight is 300 g/mol. The second-order valence-corrected chi connectivity index (χ2v) is 5.27. The lowest BCUT2D eigenvalue weighted by molar-refractivity contribution is 0.747. The highest BCUT2D eigenvalue weighted by atomic mass is 35.5. The van der Waals surface area contributed by atoms with Crippen molar-refractivity contribution in [2.24, 2.45) is 7.05 Å². The average Bonchev–Trinajstić information content (AvgIpc) is 3.04. The van der Waals surface area contributed by atoms with Gasteiger partial charge in [0, 0.05) is 31.1 Å². The van der Waals surface area contributed by atoms with Crippen LogP contribution in [0.5, 0.6) is 0 Å². The minimum Gasteiger partial charge on any atom is -0.323 e. The molecule has 0 bridgehead atoms. The normalized spacial score (nSPS) is 10.9. The summed E-state index contributed by atoms with van der Waals surface area (Å²) in [6, 6.07) is 7.71. The Morgan fingerprint density at radius 2 is 2.24 bits per heavy atom. The number of benzene rings is 1. The number of halogens is 1. The zero-order chi connectivity index (χ0) is 14.8. The van der Waals surface area contributed by atoms with E-state index in [1.54, 1.807) is 10.7 Å². The number of aryl methyl sites for hydroxylation is 2. The van der Waals surface area contributed by atoms with E-state index in [0.717, 1.165) is 22.4 Å². The van der Waals surface area contributed by atoms with Crippen LogP contribution in [0.1, 0.15) is 17.0 Å². The van der Waals surface area contributed by atoms with Crippen LogP contribution in [-0.2, 0) is 20.0 Å². The molecule has 21 heavy (non-hydrogen) atoms. The summed E-state index contributed by atoms with van der Waals surface area (Å²) in [5.74, 6) is 1.44. The van der Waals surface area contributed by atoms with Gasteiger partial charge in [-0.15, -0.1) is 11.6 Å². The third-order valence-electron chi connectivity index (χ3n) is 3.37. The summed E-state index contributed by atoms with van der Waals surface area (Å²) in [5, 5.41) is 13.3. The Morgan fingerprint density at radius 3 is 2.90 bits per heavy atom. The van der Waals surface area contributed by atoms with Gasteiger partial charge in [0.05, 0.1) is 35.4 Å². The number of nitrogens with zero attached hydrogens (tertiary/aromatic N) is 5. The first-order chi connectivity index (χ1) is 10.2. The maximum Gasteiger partial charge on any atom is 0.111 e. The molecule has 3 rings (SSSR count). The van der Waals surface area contributed by atoms with E-state index in [1.807, 2.05) is 31.6 Å². The molecule has 0 amide bonds. The van der Waals surface area contributed by atoms with Gasteiger partial charge in [0.2, 0.25) is 0 Å². The highest BCUT2D eigenvalue weighted by molar-refractivity contribution is 6.17. The molecule has 0 atom stereocenters. The minimum absolute atomic E-state index is 0.515. The Hall–Kier alpha value is -2.32. The van der Waals surface area contributed by atoms with Crippen LogP contribution in [-0.4, -0.2) is 25.2 Å². The topological polar surface area (TPSA) is 59.4 Å². The first kappa shape index (κ1) is 13.7. The molecular weight excluding hydrogens is 286 g/mol. The zero-order valence-corrected chi connectivity index (χ0v) is 12.4. The van der Waals surface area contributed by atoms with Crippen molar-refractivity contribution in [2.75, 3.05) is 5.88 Å². The lowest BCUT2D eigenvalue weighted by Crippen LogP contribution is -2.05. The third-order valence-corrected chi connectivity index (χ3v) is 3.56. The van der Waals surface area contributed by atoms with Crippen LogP contribution in [0.25, 0.3) is 11.0 Å². The van der Waals surface area contributed by atoms with Crippen molar-refractivity contribution in [1.29, 1.82) is 5.26 Å². The van der Waals surface area contributed by atoms with Crippen molar-refractivity contribution in [3.8, 4) is 6.07 Å². The van der Waals surface area contributed by atoms with Gasteiger partial charge >= 0.3 is 0 Å². The monoisotopic (exact) mass is 299 g/mol. The summed E-state index contributed by atoms with van der Waals surface area (Å²) in [7, 11) is 1.89. The van der Waals surface area contributed by atoms with Gasteiger partial charge in [-0.2, -0.15) is 10.4 Å². The van der Waals surface area contributed by atoms with E-state index in [9.17, 15) is 0 Å². The van der Waals surface area contributed by atoms with Crippen LogP contribution in [0.15, 0.2) is 30.6 Å². The predicted octanol–water partition coefficient (Wildman–Crippen LogP) is 2.47. The van der Waals surface area contributed by atoms with Crippen molar-refractivity contribution < 1.29 is 0 Å². The molecule has 0 aliphatic carbocycles. The SMILES string of the molecule is Cn1cc(Cn2c(CCCl)nc3ccc(C#N)cc32)cn1. The Bertz CT molecular complexity index is 824. The van der Waals surface area contributed by atoms with Gasteiger partial charge < -0.3 is 4.57 Å². The van der Waals surface area contributed by atoms with Crippen molar-refractivity contribution >= 4 is 22.6 Å². The largest absolute Gasteiger partial charge is 0.323 e. The van der Waals surface area contributed by atoms with E-state index >= 15 is 0 Å². The van der Waals surface area contributed by atoms with Gasteiger partial charge in [-0.3, -0.25) is 4.68 Å². The summed E-state index contributed by atoms with van der Waals surface area (Å²) in [6.07, 6.45) is 4.51. The molecule has 2 heterocycles. The second kappa shape index (κ2) is 5.58. The second-order valence-electron chi connectivity index (χ2n) is 4.89. The van der Waals surface area contributed by atoms with Gasteiger partial charge in [-0.25, -0.2) is 4.98 Å². The number of alkyl halides is 1. The summed E-state index contributed by atoms with van der Waals surface area (Å²) in [6.45, 7) is 0.672. The zero-order valence-electron chi connectivity index (χ0n) is 11.6. The third kappa shape index (κ3) is 2.63. The fourth-order valence-corrected chi connectivity index (χ4v) is 2.60. The smallest absolute Gasteiger partial charge is 0.111 e. The van der Waals surface area contributed by atoms with Crippen LogP contribution >= 0.6 is 11.6 Å². The van der Waals surface area contributed by atoms with Crippen molar-refractivity contribution in [1.82, 2.24) is 19.3 Å². The molecule has 1 aromatic carbocycles. The Kier molecular flexibility index (Phi) is 3.63. The molecule has 106 valence electrons. The number of hydrogen-bond acceptors (Lipinski definition) is 3. The lowest BCUT2D eigenvalue weighted by atomic mass is 10.2. The maximum atomic E-state index is 9.08. The van der Waals surface area contributed by atoms with E-state index in [-0.39, 0.29) is 0 Å². The molecule has 0 N–H and O–H groups in total. The minimum atomic E-state index is 0.515. The molecular formula is C15H14ClN5. The van der Waals surface area contributed by atoms with E-state index in [4.69, 9.17) is 16.9 Å². The number of hydrogen-bond donors (Lipinski definition) is 0. The molecule has 6 heteroatoms. The molecule has 5 nitrogen and oxygen atoms in total. The quantitative estimate of drug-likeness (QED) is 0.695. The van der Waals surface area contributed by atoms with Gasteiger partial charge in [0.15, 0.2) is 0 Å². The van der Waals surface area contributed by atoms with E-state index in [0.29, 0.717) is 24.4 Å². The number of fused-ring (bicyclic) bond motifs is 1. The van der Waals surface area contributed by atoms with Gasteiger partial charge in [0.25, 0.3) is 0 Å². The Morgan fingerprint density at radius 1 is 1.38 bits per heavy atom. The molecule has 2 aromatic heterocycles. The van der Waals surface area contributed by atoms with Crippen molar-refractivity contribution in [3.63, 3.8) is 0 Å². The van der Waals surface area contributed by atoms with Gasteiger partial charge in [-0.1, -0.05) is 0 Å². The molecule has 0 aliphatic rings. The van der Waals surface area contributed by atoms with Crippen LogP contribution in [0.2, 0.25) is 0 Å². The Balaban J connectivity index is 2.12. The van der Waals surface area contributed by atoms with Gasteiger partial charge in [-0.05, 0) is 18.2 Å². The van der Waals surface area contributed by atoms with Crippen LogP contribution in [0.3, 0.4) is 0 Å². The molecule has 0 spiro atoms. The van der Waals surface area contributed by atoms with Crippen LogP contribution in [0.4, 0.5) is 0 Å². The van der Waals surface area contributed by atoms with E-state index in [2.05, 4.69) is 20.7 Å². The number of nitriles is 1. The molecule has 0 unspecified atom stereocenters. The molecule has 0 saturated heterocycles. The highest BCUT2D eigenvalue weighted by Crippen LogP contribution is 2.20. The van der Waals surface area contributed by atoms with Gasteiger partial charge in [0.1, 0.15) is 5.82 Å². The van der Waals surface area contributed by atoms with Crippen molar-refractivity contribution in [3.05, 3.63) is 47.5 Å². The fourth-order valence-electron chi connectivity index (χ4n) is 2.43. The summed E-state index contributed by atoms with van der Waals surface area (Å²) >= 11 is 5.88. The first-order valence-corrected chi connectivity index (χ1v) is 7.17. The number of imidazole rings is 1. The number of rotatable bonds is 4. The molecule has 3 aromatic rings. The summed E-state index contributed by atoms with van der Waals surface area (Å²) in [5.41, 5.74) is 3.57. The standard InChI is InChI=1S/C15H14ClN5/c1-20-9-12(8-18-20)10-21-14-6-11(7-17)2-3-13(14)19-15(21)4-5-16/h2-3,6,8-9H,4-5,10H2,1H3. The maximum absolute atomic E-state index is 9.08. The summed E-state index contributed by atoms with van der Waals surface area (Å²) < 4.78 is 3.88. The van der Waals surface area contributed by atoms with Crippen LogP contribution in [0, 0.1) is 11.3 Å². The summed E-state index contributed by atoms with van der Waals surface area (Å²) in [4.78, 5) is 4.62. The fraction of sp³-hybridized carbons (Fsp3) is 0.267. The molecule has 0 saturated carbocycles. The van der Waals surface area contributed by atoms with E-state index in [1.165, 1.54) is 0 Å². The highest BCUT2D eigenvalue weighted by Gasteiger charge is 2.12. The van der Waals surface area contributed by atoms with E-state index < -0.39 is 0 Å². The predicted molar refractivity (Wildman–Crippen MR) is 81.2 cm³/mol. The van der Waals surface area contributed by atoms with Crippen molar-refractivity contribution in [2.45, 2.75) is 13.0 Å². The molecule has 0 fully saturated rings. The lowest BCUT2D eigenvalue weighted by Gasteiger charge is -2.07. The molecule has 0 radical (unpaired) electrons. The number of aromatic nitrogens is 4. The Labute approximate surface area is 127 Å².